The molecule has 0 radical (unpaired) electrons. The average molecular weight is 447 g/mol. The van der Waals surface area contributed by atoms with Gasteiger partial charge in [0, 0.05) is 12.8 Å². The van der Waals surface area contributed by atoms with Gasteiger partial charge < -0.3 is 5.32 Å². The van der Waals surface area contributed by atoms with Gasteiger partial charge in [-0.15, -0.1) is 0 Å². The van der Waals surface area contributed by atoms with Gasteiger partial charge >= 0.3 is 6.03 Å². The fourth-order valence-corrected chi connectivity index (χ4v) is 5.27. The van der Waals surface area contributed by atoms with Gasteiger partial charge in [0.1, 0.15) is 11.3 Å². The number of benzene rings is 2. The van der Waals surface area contributed by atoms with Crippen molar-refractivity contribution < 1.29 is 14.4 Å². The number of urea groups is 1. The van der Waals surface area contributed by atoms with Crippen LogP contribution >= 0.6 is 0 Å². The average Bonchev–Trinajstić information content (AvgIpc) is 3.09. The maximum atomic E-state index is 11.9. The molecule has 1 spiro atoms. The lowest BCUT2D eigenvalue weighted by Crippen LogP contribution is -2.49. The lowest BCUT2D eigenvalue weighted by molar-refractivity contribution is -0.125. The number of aryl methyl sites for hydroxylation is 2. The van der Waals surface area contributed by atoms with E-state index >= 15 is 0 Å². The van der Waals surface area contributed by atoms with Crippen LogP contribution in [0.1, 0.15) is 85.5 Å². The van der Waals surface area contributed by atoms with Crippen molar-refractivity contribution in [2.75, 3.05) is 0 Å². The molecule has 5 heteroatoms. The van der Waals surface area contributed by atoms with Crippen LogP contribution in [0.15, 0.2) is 48.5 Å². The maximum absolute atomic E-state index is 11.9. The molecule has 3 aliphatic rings. The zero-order chi connectivity index (χ0) is 23.4. The van der Waals surface area contributed by atoms with Crippen molar-refractivity contribution >= 4 is 17.7 Å². The van der Waals surface area contributed by atoms with Crippen LogP contribution < -0.4 is 10.6 Å². The van der Waals surface area contributed by atoms with Crippen molar-refractivity contribution in [3.63, 3.8) is 0 Å². The highest BCUT2D eigenvalue weighted by Gasteiger charge is 2.48. The largest absolute Gasteiger partial charge is 0.323 e. The Morgan fingerprint density at radius 3 is 1.58 bits per heavy atom. The molecule has 3 amide bonds. The zero-order valence-corrected chi connectivity index (χ0v) is 19.7. The summed E-state index contributed by atoms with van der Waals surface area (Å²) in [6, 6.07) is 17.0. The molecule has 0 bridgehead atoms. The Kier molecular flexibility index (Phi) is 6.96. The summed E-state index contributed by atoms with van der Waals surface area (Å²) >= 11 is 0. The van der Waals surface area contributed by atoms with Crippen molar-refractivity contribution in [3.05, 3.63) is 70.8 Å². The predicted molar refractivity (Wildman–Crippen MR) is 129 cm³/mol. The van der Waals surface area contributed by atoms with Gasteiger partial charge in [-0.05, 0) is 75.3 Å². The van der Waals surface area contributed by atoms with E-state index in [0.29, 0.717) is 17.6 Å². The maximum Gasteiger partial charge on any atom is 0.322 e. The Hall–Kier alpha value is -2.95. The van der Waals surface area contributed by atoms with E-state index in [2.05, 4.69) is 73.0 Å². The van der Waals surface area contributed by atoms with E-state index in [4.69, 9.17) is 0 Å². The number of hydrogen-bond donors (Lipinski definition) is 2. The minimum absolute atomic E-state index is 0.153. The van der Waals surface area contributed by atoms with Crippen LogP contribution in [0.4, 0.5) is 4.79 Å². The highest BCUT2D eigenvalue weighted by molar-refractivity contribution is 6.07. The SMILES string of the molecule is Cc1ccc(C2CCC(=O)CC2)cc1.Cc1ccc(C2CCC3(CC2)NC(=O)NC3=O)cc1. The van der Waals surface area contributed by atoms with Crippen LogP contribution in [0, 0.1) is 13.8 Å². The Balaban J connectivity index is 0.000000165. The number of Topliss-reactive ketones (excluding diaryl/α,β-unsaturated/α-hetero) is 1. The summed E-state index contributed by atoms with van der Waals surface area (Å²) in [5.41, 5.74) is 4.67. The van der Waals surface area contributed by atoms with Crippen LogP contribution in [0.2, 0.25) is 0 Å². The first-order valence-electron chi connectivity index (χ1n) is 12.1. The molecule has 2 aliphatic carbocycles. The molecule has 2 aromatic carbocycles. The van der Waals surface area contributed by atoms with Gasteiger partial charge in [0.25, 0.3) is 5.91 Å². The van der Waals surface area contributed by atoms with E-state index in [-0.39, 0.29) is 11.9 Å². The van der Waals surface area contributed by atoms with Gasteiger partial charge in [0.2, 0.25) is 0 Å². The molecule has 1 heterocycles. The van der Waals surface area contributed by atoms with Crippen LogP contribution in [0.5, 0.6) is 0 Å². The van der Waals surface area contributed by atoms with Crippen LogP contribution in [0.3, 0.4) is 0 Å². The number of ketones is 1. The van der Waals surface area contributed by atoms with Crippen LogP contribution in [0.25, 0.3) is 0 Å². The van der Waals surface area contributed by atoms with E-state index in [1.807, 2.05) is 0 Å². The second-order valence-corrected chi connectivity index (χ2v) is 9.90. The highest BCUT2D eigenvalue weighted by atomic mass is 16.2. The molecule has 3 fully saturated rings. The highest BCUT2D eigenvalue weighted by Crippen LogP contribution is 2.39. The van der Waals surface area contributed by atoms with Crippen molar-refractivity contribution in [3.8, 4) is 0 Å². The fourth-order valence-electron chi connectivity index (χ4n) is 5.27. The molecular weight excluding hydrogens is 412 g/mol. The Labute approximate surface area is 196 Å². The number of carbonyl (C=O) groups is 3. The summed E-state index contributed by atoms with van der Waals surface area (Å²) in [7, 11) is 0. The monoisotopic (exact) mass is 446 g/mol. The molecule has 33 heavy (non-hydrogen) atoms. The standard InChI is InChI=1S/C15H18N2O2.C13H16O/c1-10-2-4-11(5-3-10)12-6-8-15(9-7-12)13(18)16-14(19)17-15;1-10-2-4-11(5-3-10)12-6-8-13(14)9-7-12/h2-5,12H,6-9H2,1H3,(H2,16,17,18,19);2-5,12H,6-9H2,1H3. The Bertz CT molecular complexity index is 992. The molecule has 1 saturated heterocycles. The second kappa shape index (κ2) is 9.90. The number of hydrogen-bond acceptors (Lipinski definition) is 3. The number of rotatable bonds is 2. The van der Waals surface area contributed by atoms with E-state index < -0.39 is 5.54 Å². The summed E-state index contributed by atoms with van der Waals surface area (Å²) in [6.07, 6.45) is 6.97. The summed E-state index contributed by atoms with van der Waals surface area (Å²) in [5, 5.41) is 5.15. The van der Waals surface area contributed by atoms with Crippen molar-refractivity contribution in [1.29, 1.82) is 0 Å². The molecule has 5 nitrogen and oxygen atoms in total. The van der Waals surface area contributed by atoms with E-state index in [1.54, 1.807) is 0 Å². The first-order chi connectivity index (χ1) is 15.8. The molecule has 174 valence electrons. The molecule has 2 aromatic rings. The molecule has 0 aromatic heterocycles. The summed E-state index contributed by atoms with van der Waals surface area (Å²) in [4.78, 5) is 34.2. The first-order valence-corrected chi connectivity index (χ1v) is 12.1. The van der Waals surface area contributed by atoms with Gasteiger partial charge in [0.05, 0.1) is 0 Å². The van der Waals surface area contributed by atoms with Gasteiger partial charge in [-0.1, -0.05) is 59.7 Å². The predicted octanol–water partition coefficient (Wildman–Crippen LogP) is 5.45. The zero-order valence-electron chi connectivity index (χ0n) is 19.7. The lowest BCUT2D eigenvalue weighted by Gasteiger charge is -2.34. The summed E-state index contributed by atoms with van der Waals surface area (Å²) in [6.45, 7) is 4.19. The topological polar surface area (TPSA) is 75.3 Å². The van der Waals surface area contributed by atoms with E-state index in [9.17, 15) is 14.4 Å². The molecule has 0 atom stereocenters. The van der Waals surface area contributed by atoms with Crippen molar-refractivity contribution in [1.82, 2.24) is 10.6 Å². The quantitative estimate of drug-likeness (QED) is 0.602. The summed E-state index contributed by atoms with van der Waals surface area (Å²) < 4.78 is 0. The van der Waals surface area contributed by atoms with Crippen molar-refractivity contribution in [2.24, 2.45) is 0 Å². The fraction of sp³-hybridized carbons (Fsp3) is 0.464. The summed E-state index contributed by atoms with van der Waals surface area (Å²) in [5.74, 6) is 1.40. The molecule has 2 saturated carbocycles. The lowest BCUT2D eigenvalue weighted by atomic mass is 9.74. The van der Waals surface area contributed by atoms with E-state index in [0.717, 1.165) is 51.4 Å². The molecule has 0 unspecified atom stereocenters. The number of carbonyl (C=O) groups excluding carboxylic acids is 3. The molecule has 2 N–H and O–H groups in total. The number of imide groups is 1. The minimum atomic E-state index is -0.641. The third-order valence-corrected chi connectivity index (χ3v) is 7.49. The van der Waals surface area contributed by atoms with Crippen molar-refractivity contribution in [2.45, 2.75) is 82.6 Å². The van der Waals surface area contributed by atoms with E-state index in [1.165, 1.54) is 22.3 Å². The second-order valence-electron chi connectivity index (χ2n) is 9.90. The molecule has 1 aliphatic heterocycles. The van der Waals surface area contributed by atoms with Gasteiger partial charge in [-0.2, -0.15) is 0 Å². The Morgan fingerprint density at radius 2 is 1.15 bits per heavy atom. The van der Waals surface area contributed by atoms with Gasteiger partial charge in [0.15, 0.2) is 0 Å². The Morgan fingerprint density at radius 1 is 0.697 bits per heavy atom. The molecular formula is C28H34N2O3. The first kappa shape index (κ1) is 23.2. The van der Waals surface area contributed by atoms with Crippen LogP contribution in [-0.2, 0) is 9.59 Å². The van der Waals surface area contributed by atoms with Gasteiger partial charge in [-0.3, -0.25) is 14.9 Å². The normalized spacial score (nSPS) is 25.3. The minimum Gasteiger partial charge on any atom is -0.323 e. The third-order valence-electron chi connectivity index (χ3n) is 7.49. The third kappa shape index (κ3) is 5.52. The molecule has 5 rings (SSSR count). The number of nitrogens with one attached hydrogen (secondary N) is 2. The smallest absolute Gasteiger partial charge is 0.322 e. The number of amides is 3. The van der Waals surface area contributed by atoms with Gasteiger partial charge in [-0.25, -0.2) is 4.79 Å². The van der Waals surface area contributed by atoms with Crippen LogP contribution in [-0.4, -0.2) is 23.3 Å².